The fraction of sp³-hybridized carbons (Fsp3) is 0.647. The fourth-order valence-electron chi connectivity index (χ4n) is 3.31. The molecule has 2 unspecified atom stereocenters. The lowest BCUT2D eigenvalue weighted by molar-refractivity contribution is 0.134. The number of piperidine rings is 1. The molecule has 0 amide bonds. The van der Waals surface area contributed by atoms with E-state index in [2.05, 4.69) is 55.3 Å². The third-order valence-electron chi connectivity index (χ3n) is 4.02. The summed E-state index contributed by atoms with van der Waals surface area (Å²) in [5.74, 6) is 1.68. The molecule has 1 N–H and O–H groups in total. The first-order chi connectivity index (χ1) is 9.19. The topological polar surface area (TPSA) is 15.3 Å². The molecule has 0 bridgehead atoms. The van der Waals surface area contributed by atoms with Crippen LogP contribution in [0, 0.1) is 11.8 Å². The minimum absolute atomic E-state index is 0.838. The van der Waals surface area contributed by atoms with Crippen molar-refractivity contribution in [1.29, 1.82) is 0 Å². The number of nitrogens with zero attached hydrogens (tertiary/aromatic N) is 1. The highest BCUT2D eigenvalue weighted by atomic mass is 15.1. The largest absolute Gasteiger partial charge is 0.313 e. The molecule has 1 aliphatic rings. The Balaban J connectivity index is 2.01. The third kappa shape index (κ3) is 4.32. The van der Waals surface area contributed by atoms with Gasteiger partial charge in [0, 0.05) is 26.2 Å². The van der Waals surface area contributed by atoms with E-state index in [0.29, 0.717) is 0 Å². The van der Waals surface area contributed by atoms with E-state index in [0.717, 1.165) is 31.5 Å². The van der Waals surface area contributed by atoms with Gasteiger partial charge in [0.15, 0.2) is 0 Å². The average Bonchev–Trinajstić information content (AvgIpc) is 2.36. The van der Waals surface area contributed by atoms with Crippen LogP contribution in [0.25, 0.3) is 0 Å². The molecule has 19 heavy (non-hydrogen) atoms. The second-order valence-electron chi connectivity index (χ2n) is 6.19. The summed E-state index contributed by atoms with van der Waals surface area (Å²) in [7, 11) is 0. The van der Waals surface area contributed by atoms with E-state index in [9.17, 15) is 0 Å². The summed E-state index contributed by atoms with van der Waals surface area (Å²) in [5.41, 5.74) is 2.94. The maximum atomic E-state index is 3.44. The Labute approximate surface area is 118 Å². The lowest BCUT2D eigenvalue weighted by Gasteiger charge is -2.35. The van der Waals surface area contributed by atoms with E-state index < -0.39 is 0 Å². The van der Waals surface area contributed by atoms with Gasteiger partial charge >= 0.3 is 0 Å². The maximum Gasteiger partial charge on any atom is 0.0237 e. The van der Waals surface area contributed by atoms with Crippen molar-refractivity contribution in [1.82, 2.24) is 10.2 Å². The molecule has 0 aromatic heterocycles. The zero-order chi connectivity index (χ0) is 13.7. The standard InChI is InChI=1S/C17H28N2/c1-4-18-10-16-7-5-6-8-17(16)13-19-11-14(2)9-15(3)12-19/h5-8,14-15,18H,4,9-13H2,1-3H3. The molecule has 0 saturated carbocycles. The summed E-state index contributed by atoms with van der Waals surface area (Å²) in [6.45, 7) is 12.6. The van der Waals surface area contributed by atoms with E-state index in [1.54, 1.807) is 0 Å². The normalized spacial score (nSPS) is 24.6. The smallest absolute Gasteiger partial charge is 0.0237 e. The Morgan fingerprint density at radius 3 is 2.37 bits per heavy atom. The summed E-state index contributed by atoms with van der Waals surface area (Å²) >= 11 is 0. The molecule has 1 fully saturated rings. The van der Waals surface area contributed by atoms with E-state index in [1.165, 1.54) is 30.6 Å². The van der Waals surface area contributed by atoms with Gasteiger partial charge in [0.25, 0.3) is 0 Å². The SMILES string of the molecule is CCNCc1ccccc1CN1CC(C)CC(C)C1. The molecule has 1 saturated heterocycles. The number of hydrogen-bond donors (Lipinski definition) is 1. The van der Waals surface area contributed by atoms with Crippen LogP contribution in [-0.4, -0.2) is 24.5 Å². The molecular weight excluding hydrogens is 232 g/mol. The Morgan fingerprint density at radius 1 is 1.11 bits per heavy atom. The lowest BCUT2D eigenvalue weighted by atomic mass is 9.91. The number of benzene rings is 1. The maximum absolute atomic E-state index is 3.44. The quantitative estimate of drug-likeness (QED) is 0.874. The highest BCUT2D eigenvalue weighted by molar-refractivity contribution is 5.27. The van der Waals surface area contributed by atoms with Gasteiger partial charge in [-0.1, -0.05) is 45.0 Å². The number of nitrogens with one attached hydrogen (secondary N) is 1. The second kappa shape index (κ2) is 7.06. The molecule has 1 aliphatic heterocycles. The van der Waals surface area contributed by atoms with E-state index in [4.69, 9.17) is 0 Å². The average molecular weight is 260 g/mol. The molecule has 2 rings (SSSR count). The first kappa shape index (κ1) is 14.5. The minimum Gasteiger partial charge on any atom is -0.313 e. The van der Waals surface area contributed by atoms with Crippen molar-refractivity contribution >= 4 is 0 Å². The molecule has 0 aliphatic carbocycles. The molecular formula is C17H28N2. The van der Waals surface area contributed by atoms with Gasteiger partial charge in [0.2, 0.25) is 0 Å². The third-order valence-corrected chi connectivity index (χ3v) is 4.02. The van der Waals surface area contributed by atoms with Crippen LogP contribution >= 0.6 is 0 Å². The lowest BCUT2D eigenvalue weighted by Crippen LogP contribution is -2.38. The van der Waals surface area contributed by atoms with Crippen LogP contribution in [0.5, 0.6) is 0 Å². The first-order valence-electron chi connectivity index (χ1n) is 7.69. The molecule has 1 heterocycles. The fourth-order valence-corrected chi connectivity index (χ4v) is 3.31. The van der Waals surface area contributed by atoms with E-state index in [1.807, 2.05) is 0 Å². The van der Waals surface area contributed by atoms with Crippen LogP contribution in [-0.2, 0) is 13.1 Å². The number of hydrogen-bond acceptors (Lipinski definition) is 2. The molecule has 0 radical (unpaired) electrons. The zero-order valence-electron chi connectivity index (χ0n) is 12.7. The predicted octanol–water partition coefficient (Wildman–Crippen LogP) is 3.27. The van der Waals surface area contributed by atoms with Crippen molar-refractivity contribution in [3.05, 3.63) is 35.4 Å². The minimum atomic E-state index is 0.838. The molecule has 2 nitrogen and oxygen atoms in total. The van der Waals surface area contributed by atoms with E-state index >= 15 is 0 Å². The summed E-state index contributed by atoms with van der Waals surface area (Å²) in [5, 5.41) is 3.44. The van der Waals surface area contributed by atoms with Crippen LogP contribution in [0.1, 0.15) is 38.3 Å². The van der Waals surface area contributed by atoms with Gasteiger partial charge in [-0.05, 0) is 35.9 Å². The molecule has 106 valence electrons. The van der Waals surface area contributed by atoms with Gasteiger partial charge in [-0.2, -0.15) is 0 Å². The van der Waals surface area contributed by atoms with Gasteiger partial charge in [-0.3, -0.25) is 4.90 Å². The van der Waals surface area contributed by atoms with Crippen LogP contribution in [0.2, 0.25) is 0 Å². The number of likely N-dealkylation sites (tertiary alicyclic amines) is 1. The predicted molar refractivity (Wildman–Crippen MR) is 82.0 cm³/mol. The van der Waals surface area contributed by atoms with E-state index in [-0.39, 0.29) is 0 Å². The molecule has 1 aromatic carbocycles. The van der Waals surface area contributed by atoms with Gasteiger partial charge < -0.3 is 5.32 Å². The van der Waals surface area contributed by atoms with Gasteiger partial charge in [-0.15, -0.1) is 0 Å². The zero-order valence-corrected chi connectivity index (χ0v) is 12.7. The Bertz CT molecular complexity index is 379. The van der Waals surface area contributed by atoms with Crippen molar-refractivity contribution in [2.45, 2.75) is 40.3 Å². The van der Waals surface area contributed by atoms with Crippen LogP contribution in [0.4, 0.5) is 0 Å². The molecule has 2 atom stereocenters. The highest BCUT2D eigenvalue weighted by Gasteiger charge is 2.22. The Hall–Kier alpha value is -0.860. The second-order valence-corrected chi connectivity index (χ2v) is 6.19. The van der Waals surface area contributed by atoms with Crippen molar-refractivity contribution in [3.63, 3.8) is 0 Å². The number of rotatable bonds is 5. The summed E-state index contributed by atoms with van der Waals surface area (Å²) in [6.07, 6.45) is 1.38. The van der Waals surface area contributed by atoms with Crippen LogP contribution < -0.4 is 5.32 Å². The monoisotopic (exact) mass is 260 g/mol. The van der Waals surface area contributed by atoms with Crippen molar-refractivity contribution < 1.29 is 0 Å². The molecule has 0 spiro atoms. The Morgan fingerprint density at radius 2 is 1.74 bits per heavy atom. The summed E-state index contributed by atoms with van der Waals surface area (Å²) < 4.78 is 0. The van der Waals surface area contributed by atoms with Gasteiger partial charge in [-0.25, -0.2) is 0 Å². The Kier molecular flexibility index (Phi) is 5.41. The van der Waals surface area contributed by atoms with Gasteiger partial charge in [0.1, 0.15) is 0 Å². The van der Waals surface area contributed by atoms with Crippen molar-refractivity contribution in [3.8, 4) is 0 Å². The molecule has 2 heteroatoms. The first-order valence-corrected chi connectivity index (χ1v) is 7.69. The van der Waals surface area contributed by atoms with Crippen molar-refractivity contribution in [2.24, 2.45) is 11.8 Å². The highest BCUT2D eigenvalue weighted by Crippen LogP contribution is 2.23. The van der Waals surface area contributed by atoms with Crippen LogP contribution in [0.3, 0.4) is 0 Å². The van der Waals surface area contributed by atoms with Crippen molar-refractivity contribution in [2.75, 3.05) is 19.6 Å². The summed E-state index contributed by atoms with van der Waals surface area (Å²) in [4.78, 5) is 2.63. The van der Waals surface area contributed by atoms with Crippen LogP contribution in [0.15, 0.2) is 24.3 Å². The van der Waals surface area contributed by atoms with Gasteiger partial charge in [0.05, 0.1) is 0 Å². The molecule has 1 aromatic rings. The summed E-state index contributed by atoms with van der Waals surface area (Å²) in [6, 6.07) is 8.87.